The number of anilines is 1. The summed E-state index contributed by atoms with van der Waals surface area (Å²) in [5.41, 5.74) is 1.65. The van der Waals surface area contributed by atoms with Gasteiger partial charge in [-0.1, -0.05) is 6.07 Å². The van der Waals surface area contributed by atoms with Crippen LogP contribution in [0.3, 0.4) is 0 Å². The van der Waals surface area contributed by atoms with Crippen molar-refractivity contribution in [3.63, 3.8) is 0 Å². The highest BCUT2D eigenvalue weighted by molar-refractivity contribution is 9.10. The topological polar surface area (TPSA) is 68.5 Å². The average molecular weight is 388 g/mol. The molecule has 0 saturated heterocycles. The zero-order valence-electron chi connectivity index (χ0n) is 13.1. The third-order valence-corrected chi connectivity index (χ3v) is 4.23. The van der Waals surface area contributed by atoms with Gasteiger partial charge in [-0.25, -0.2) is 4.79 Å². The van der Waals surface area contributed by atoms with Crippen LogP contribution in [0, 0.1) is 6.92 Å². The highest BCUT2D eigenvalue weighted by Gasteiger charge is 2.15. The molecule has 0 unspecified atom stereocenters. The molecule has 0 spiro atoms. The largest absolute Gasteiger partial charge is 0.497 e. The summed E-state index contributed by atoms with van der Waals surface area (Å²) in [6.45, 7) is 1.96. The summed E-state index contributed by atoms with van der Waals surface area (Å²) < 4.78 is 11.0. The second kappa shape index (κ2) is 6.49. The summed E-state index contributed by atoms with van der Waals surface area (Å²) in [7, 11) is 1.52. The summed E-state index contributed by atoms with van der Waals surface area (Å²) in [5, 5.41) is 3.34. The van der Waals surface area contributed by atoms with E-state index in [2.05, 4.69) is 21.2 Å². The lowest BCUT2D eigenvalue weighted by atomic mass is 10.1. The zero-order valence-corrected chi connectivity index (χ0v) is 14.6. The van der Waals surface area contributed by atoms with Gasteiger partial charge in [-0.05, 0) is 52.7 Å². The zero-order chi connectivity index (χ0) is 17.3. The Morgan fingerprint density at radius 1 is 1.17 bits per heavy atom. The molecule has 1 amide bonds. The van der Waals surface area contributed by atoms with E-state index in [0.29, 0.717) is 22.4 Å². The Balaban J connectivity index is 2.04. The Morgan fingerprint density at radius 2 is 1.96 bits per heavy atom. The maximum absolute atomic E-state index is 12.6. The molecule has 0 aliphatic rings. The Labute approximate surface area is 146 Å². The Hall–Kier alpha value is -2.60. The van der Waals surface area contributed by atoms with Crippen LogP contribution in [-0.2, 0) is 0 Å². The lowest BCUT2D eigenvalue weighted by molar-refractivity contribution is 0.102. The highest BCUT2D eigenvalue weighted by atomic mass is 79.9. The van der Waals surface area contributed by atoms with Crippen molar-refractivity contribution >= 4 is 38.5 Å². The number of carbonyl (C=O) groups excluding carboxylic acids is 1. The molecule has 2 aromatic carbocycles. The van der Waals surface area contributed by atoms with Gasteiger partial charge in [-0.3, -0.25) is 4.79 Å². The number of methoxy groups -OCH3 is 1. The Morgan fingerprint density at radius 3 is 2.67 bits per heavy atom. The van der Waals surface area contributed by atoms with Crippen molar-refractivity contribution in [3.05, 3.63) is 68.5 Å². The van der Waals surface area contributed by atoms with Crippen LogP contribution in [0.1, 0.15) is 15.9 Å². The summed E-state index contributed by atoms with van der Waals surface area (Å²) in [5.74, 6) is 0.159. The highest BCUT2D eigenvalue weighted by Crippen LogP contribution is 2.26. The maximum atomic E-state index is 12.6. The first-order valence-corrected chi connectivity index (χ1v) is 7.96. The molecular formula is C18H14BrNO4. The van der Waals surface area contributed by atoms with Gasteiger partial charge in [-0.15, -0.1) is 0 Å². The van der Waals surface area contributed by atoms with Gasteiger partial charge in [0.1, 0.15) is 11.3 Å². The summed E-state index contributed by atoms with van der Waals surface area (Å²) in [6.07, 6.45) is 0. The first kappa shape index (κ1) is 16.3. The normalized spacial score (nSPS) is 10.6. The van der Waals surface area contributed by atoms with Gasteiger partial charge in [0.2, 0.25) is 0 Å². The van der Waals surface area contributed by atoms with Crippen molar-refractivity contribution < 1.29 is 13.9 Å². The van der Waals surface area contributed by atoms with Crippen LogP contribution >= 0.6 is 15.9 Å². The average Bonchev–Trinajstić information content (AvgIpc) is 2.55. The molecule has 0 fully saturated rings. The van der Waals surface area contributed by atoms with Crippen molar-refractivity contribution in [2.24, 2.45) is 0 Å². The van der Waals surface area contributed by atoms with Gasteiger partial charge in [0.05, 0.1) is 18.4 Å². The van der Waals surface area contributed by atoms with E-state index in [0.717, 1.165) is 10.0 Å². The molecule has 0 atom stereocenters. The molecule has 3 aromatic rings. The second-order valence-corrected chi connectivity index (χ2v) is 6.13. The van der Waals surface area contributed by atoms with Crippen LogP contribution in [0.25, 0.3) is 11.0 Å². The van der Waals surface area contributed by atoms with Gasteiger partial charge >= 0.3 is 5.63 Å². The minimum Gasteiger partial charge on any atom is -0.497 e. The van der Waals surface area contributed by atoms with E-state index < -0.39 is 5.63 Å². The number of amides is 1. The lowest BCUT2D eigenvalue weighted by Crippen LogP contribution is -2.15. The molecule has 122 valence electrons. The fraction of sp³-hybridized carbons (Fsp3) is 0.111. The molecule has 0 aliphatic carbocycles. The van der Waals surface area contributed by atoms with E-state index in [1.165, 1.54) is 13.2 Å². The van der Waals surface area contributed by atoms with Crippen molar-refractivity contribution in [2.75, 3.05) is 12.4 Å². The minimum absolute atomic E-state index is 0.247. The fourth-order valence-corrected chi connectivity index (χ4v) is 2.96. The van der Waals surface area contributed by atoms with E-state index >= 15 is 0 Å². The standard InChI is InChI=1S/C18H14BrNO4/c1-10-3-6-15(14(19)7-10)20-18(22)13-9-17(21)24-16-8-11(23-2)4-5-12(13)16/h3-9H,1-2H3,(H,20,22). The quantitative estimate of drug-likeness (QED) is 0.686. The van der Waals surface area contributed by atoms with Crippen LogP contribution in [0.5, 0.6) is 5.75 Å². The van der Waals surface area contributed by atoms with E-state index in [1.807, 2.05) is 19.1 Å². The van der Waals surface area contributed by atoms with Gasteiger partial charge in [-0.2, -0.15) is 0 Å². The molecule has 6 heteroatoms. The smallest absolute Gasteiger partial charge is 0.337 e. The van der Waals surface area contributed by atoms with E-state index in [4.69, 9.17) is 9.15 Å². The van der Waals surface area contributed by atoms with Crippen LogP contribution < -0.4 is 15.7 Å². The lowest BCUT2D eigenvalue weighted by Gasteiger charge is -2.10. The molecule has 1 aromatic heterocycles. The molecule has 1 N–H and O–H groups in total. The first-order chi connectivity index (χ1) is 11.5. The molecule has 0 aliphatic heterocycles. The number of halogens is 1. The van der Waals surface area contributed by atoms with Gasteiger partial charge in [0, 0.05) is 22.0 Å². The number of nitrogens with one attached hydrogen (secondary N) is 1. The summed E-state index contributed by atoms with van der Waals surface area (Å²) in [6, 6.07) is 11.8. The van der Waals surface area contributed by atoms with Crippen LogP contribution in [0.4, 0.5) is 5.69 Å². The molecular weight excluding hydrogens is 374 g/mol. The molecule has 0 bridgehead atoms. The number of carbonyl (C=O) groups is 1. The number of aryl methyl sites for hydroxylation is 1. The van der Waals surface area contributed by atoms with Crippen LogP contribution in [0.15, 0.2) is 56.1 Å². The molecule has 5 nitrogen and oxygen atoms in total. The second-order valence-electron chi connectivity index (χ2n) is 5.28. The SMILES string of the molecule is COc1ccc2c(C(=O)Nc3ccc(C)cc3Br)cc(=O)oc2c1. The third-order valence-electron chi connectivity index (χ3n) is 3.57. The van der Waals surface area contributed by atoms with Crippen molar-refractivity contribution in [2.45, 2.75) is 6.92 Å². The predicted octanol–water partition coefficient (Wildman–Crippen LogP) is 4.12. The Kier molecular flexibility index (Phi) is 4.40. The maximum Gasteiger partial charge on any atom is 0.337 e. The van der Waals surface area contributed by atoms with Gasteiger partial charge in [0.15, 0.2) is 0 Å². The first-order valence-electron chi connectivity index (χ1n) is 7.17. The molecule has 0 radical (unpaired) electrons. The van der Waals surface area contributed by atoms with Crippen LogP contribution in [0.2, 0.25) is 0 Å². The van der Waals surface area contributed by atoms with Crippen LogP contribution in [-0.4, -0.2) is 13.0 Å². The number of fused-ring (bicyclic) bond motifs is 1. The number of ether oxygens (including phenoxy) is 1. The van der Waals surface area contributed by atoms with Gasteiger partial charge < -0.3 is 14.5 Å². The van der Waals surface area contributed by atoms with E-state index in [9.17, 15) is 9.59 Å². The minimum atomic E-state index is -0.594. The summed E-state index contributed by atoms with van der Waals surface area (Å²) in [4.78, 5) is 24.4. The van der Waals surface area contributed by atoms with Crippen molar-refractivity contribution in [1.82, 2.24) is 0 Å². The monoisotopic (exact) mass is 387 g/mol. The third kappa shape index (κ3) is 3.19. The molecule has 3 rings (SSSR count). The molecule has 0 saturated carbocycles. The van der Waals surface area contributed by atoms with Crippen molar-refractivity contribution in [1.29, 1.82) is 0 Å². The predicted molar refractivity (Wildman–Crippen MR) is 95.9 cm³/mol. The molecule has 1 heterocycles. The number of benzene rings is 2. The number of rotatable bonds is 3. The summed E-state index contributed by atoms with van der Waals surface area (Å²) >= 11 is 3.42. The Bertz CT molecular complexity index is 994. The van der Waals surface area contributed by atoms with E-state index in [-0.39, 0.29) is 11.5 Å². The molecule has 24 heavy (non-hydrogen) atoms. The fourth-order valence-electron chi connectivity index (χ4n) is 2.37. The number of hydrogen-bond acceptors (Lipinski definition) is 4. The van der Waals surface area contributed by atoms with Crippen molar-refractivity contribution in [3.8, 4) is 5.75 Å². The number of hydrogen-bond donors (Lipinski definition) is 1. The van der Waals surface area contributed by atoms with E-state index in [1.54, 1.807) is 24.3 Å². The van der Waals surface area contributed by atoms with Gasteiger partial charge in [0.25, 0.3) is 5.91 Å².